The van der Waals surface area contributed by atoms with Gasteiger partial charge in [0.05, 0.1) is 5.60 Å². The van der Waals surface area contributed by atoms with Gasteiger partial charge in [-0.15, -0.1) is 0 Å². The fourth-order valence-electron chi connectivity index (χ4n) is 1.84. The summed E-state index contributed by atoms with van der Waals surface area (Å²) in [5, 5.41) is 20.0. The molecule has 0 aromatic heterocycles. The minimum absolute atomic E-state index is 0.182. The van der Waals surface area contributed by atoms with Gasteiger partial charge in [-0.2, -0.15) is 0 Å². The second-order valence-corrected chi connectivity index (χ2v) is 4.79. The van der Waals surface area contributed by atoms with E-state index in [9.17, 15) is 15.0 Å². The number of hydrogen-bond donors (Lipinski definition) is 2. The summed E-state index contributed by atoms with van der Waals surface area (Å²) in [7, 11) is 0. The normalized spacial score (nSPS) is 35.2. The molecule has 6 nitrogen and oxygen atoms in total. The molecule has 0 bridgehead atoms. The van der Waals surface area contributed by atoms with E-state index in [0.717, 1.165) is 0 Å². The average molecular weight is 262 g/mol. The molecule has 1 saturated heterocycles. The van der Waals surface area contributed by atoms with E-state index in [4.69, 9.17) is 14.2 Å². The molecule has 0 saturated carbocycles. The van der Waals surface area contributed by atoms with E-state index in [-0.39, 0.29) is 6.42 Å². The van der Waals surface area contributed by atoms with Crippen LogP contribution >= 0.6 is 0 Å². The van der Waals surface area contributed by atoms with E-state index in [1.807, 2.05) is 0 Å². The van der Waals surface area contributed by atoms with Crippen molar-refractivity contribution in [2.75, 3.05) is 6.61 Å². The maximum Gasteiger partial charge on any atom is 0.306 e. The van der Waals surface area contributed by atoms with Crippen LogP contribution in [0.25, 0.3) is 0 Å². The van der Waals surface area contributed by atoms with E-state index >= 15 is 0 Å². The van der Waals surface area contributed by atoms with Gasteiger partial charge in [-0.25, -0.2) is 0 Å². The molecule has 3 unspecified atom stereocenters. The van der Waals surface area contributed by atoms with Gasteiger partial charge in [-0.05, 0) is 20.8 Å². The van der Waals surface area contributed by atoms with Gasteiger partial charge in [-0.3, -0.25) is 4.79 Å². The third-order valence-corrected chi connectivity index (χ3v) is 2.95. The van der Waals surface area contributed by atoms with Crippen molar-refractivity contribution in [2.45, 2.75) is 64.3 Å². The lowest BCUT2D eigenvalue weighted by molar-refractivity contribution is -0.324. The van der Waals surface area contributed by atoms with Gasteiger partial charge < -0.3 is 24.4 Å². The molecular formula is C12H22O6. The summed E-state index contributed by atoms with van der Waals surface area (Å²) < 4.78 is 16.0. The Hall–Kier alpha value is -0.690. The Balaban J connectivity index is 2.85. The molecule has 18 heavy (non-hydrogen) atoms. The molecule has 106 valence electrons. The quantitative estimate of drug-likeness (QED) is 0.704. The van der Waals surface area contributed by atoms with E-state index in [1.54, 1.807) is 27.7 Å². The van der Waals surface area contributed by atoms with Crippen LogP contribution in [0.2, 0.25) is 0 Å². The van der Waals surface area contributed by atoms with Crippen molar-refractivity contribution in [1.82, 2.24) is 0 Å². The van der Waals surface area contributed by atoms with Crippen molar-refractivity contribution in [3.8, 4) is 0 Å². The lowest BCUT2D eigenvalue weighted by Crippen LogP contribution is -2.63. The van der Waals surface area contributed by atoms with Crippen LogP contribution in [0.15, 0.2) is 0 Å². The summed E-state index contributed by atoms with van der Waals surface area (Å²) in [5.41, 5.74) is -0.964. The first kappa shape index (κ1) is 15.4. The van der Waals surface area contributed by atoms with E-state index in [2.05, 4.69) is 0 Å². The first-order valence-corrected chi connectivity index (χ1v) is 6.18. The summed E-state index contributed by atoms with van der Waals surface area (Å²) in [4.78, 5) is 11.3. The first-order chi connectivity index (χ1) is 8.33. The number of esters is 1. The van der Waals surface area contributed by atoms with Crippen molar-refractivity contribution in [1.29, 1.82) is 0 Å². The zero-order chi connectivity index (χ0) is 13.9. The first-order valence-electron chi connectivity index (χ1n) is 6.18. The smallest absolute Gasteiger partial charge is 0.306 e. The minimum Gasteiger partial charge on any atom is -0.454 e. The highest BCUT2D eigenvalue weighted by Gasteiger charge is 2.51. The van der Waals surface area contributed by atoms with E-state index in [1.165, 1.54) is 0 Å². The van der Waals surface area contributed by atoms with E-state index in [0.29, 0.717) is 6.61 Å². The van der Waals surface area contributed by atoms with Gasteiger partial charge in [0.15, 0.2) is 12.4 Å². The monoisotopic (exact) mass is 262 g/mol. The Morgan fingerprint density at radius 1 is 1.33 bits per heavy atom. The SMILES string of the molecule is CCOC1OC(C)(C)[C@@H](O)C(O)C1OC(=O)CC. The maximum absolute atomic E-state index is 11.3. The fourth-order valence-corrected chi connectivity index (χ4v) is 1.84. The lowest BCUT2D eigenvalue weighted by Gasteiger charge is -2.46. The van der Waals surface area contributed by atoms with Gasteiger partial charge in [0.25, 0.3) is 0 Å². The highest BCUT2D eigenvalue weighted by Crippen LogP contribution is 2.31. The molecule has 1 heterocycles. The van der Waals surface area contributed by atoms with Crippen LogP contribution in [0, 0.1) is 0 Å². The summed E-state index contributed by atoms with van der Waals surface area (Å²) in [6, 6.07) is 0. The van der Waals surface area contributed by atoms with Crippen LogP contribution in [-0.2, 0) is 19.0 Å². The fraction of sp³-hybridized carbons (Fsp3) is 0.917. The van der Waals surface area contributed by atoms with Crippen LogP contribution in [0.1, 0.15) is 34.1 Å². The minimum atomic E-state index is -1.24. The van der Waals surface area contributed by atoms with Gasteiger partial charge in [-0.1, -0.05) is 6.92 Å². The van der Waals surface area contributed by atoms with Crippen LogP contribution < -0.4 is 0 Å². The van der Waals surface area contributed by atoms with Crippen LogP contribution in [0.3, 0.4) is 0 Å². The van der Waals surface area contributed by atoms with Gasteiger partial charge >= 0.3 is 5.97 Å². The van der Waals surface area contributed by atoms with Gasteiger partial charge in [0, 0.05) is 13.0 Å². The molecule has 0 radical (unpaired) electrons. The molecular weight excluding hydrogens is 240 g/mol. The second-order valence-electron chi connectivity index (χ2n) is 4.79. The molecule has 0 spiro atoms. The van der Waals surface area contributed by atoms with Crippen molar-refractivity contribution >= 4 is 5.97 Å². The average Bonchev–Trinajstić information content (AvgIpc) is 2.31. The van der Waals surface area contributed by atoms with Crippen molar-refractivity contribution in [3.63, 3.8) is 0 Å². The third kappa shape index (κ3) is 3.20. The number of carbonyl (C=O) groups is 1. The highest BCUT2D eigenvalue weighted by atomic mass is 16.7. The molecule has 0 amide bonds. The molecule has 1 aliphatic rings. The number of carbonyl (C=O) groups excluding carboxylic acids is 1. The van der Waals surface area contributed by atoms with Crippen LogP contribution in [-0.4, -0.2) is 53.0 Å². The van der Waals surface area contributed by atoms with Crippen molar-refractivity contribution < 1.29 is 29.2 Å². The number of aliphatic hydroxyl groups is 2. The molecule has 1 fully saturated rings. The van der Waals surface area contributed by atoms with Gasteiger partial charge in [0.1, 0.15) is 12.2 Å². The molecule has 0 aromatic carbocycles. The van der Waals surface area contributed by atoms with Crippen molar-refractivity contribution in [3.05, 3.63) is 0 Å². The topological polar surface area (TPSA) is 85.2 Å². The zero-order valence-electron chi connectivity index (χ0n) is 11.3. The molecule has 0 aromatic rings. The van der Waals surface area contributed by atoms with Gasteiger partial charge in [0.2, 0.25) is 0 Å². The number of ether oxygens (including phenoxy) is 3. The largest absolute Gasteiger partial charge is 0.454 e. The Kier molecular flexibility index (Phi) is 5.10. The summed E-state index contributed by atoms with van der Waals surface area (Å²) >= 11 is 0. The Bertz CT molecular complexity index is 290. The standard InChI is InChI=1S/C12H22O6/c1-5-7(13)17-9-8(14)10(15)12(3,4)18-11(9)16-6-2/h8-11,14-15H,5-6H2,1-4H3/t8?,9?,10-,11?/m0/s1. The lowest BCUT2D eigenvalue weighted by atomic mass is 9.90. The molecule has 6 heteroatoms. The highest BCUT2D eigenvalue weighted by molar-refractivity contribution is 5.69. The molecule has 0 aliphatic carbocycles. The summed E-state index contributed by atoms with van der Waals surface area (Å²) in [5.74, 6) is -0.473. The van der Waals surface area contributed by atoms with Crippen LogP contribution in [0.4, 0.5) is 0 Å². The third-order valence-electron chi connectivity index (χ3n) is 2.95. The Morgan fingerprint density at radius 3 is 2.44 bits per heavy atom. The molecule has 2 N–H and O–H groups in total. The van der Waals surface area contributed by atoms with Crippen LogP contribution in [0.5, 0.6) is 0 Å². The Labute approximate surface area is 107 Å². The Morgan fingerprint density at radius 2 is 1.94 bits per heavy atom. The number of rotatable bonds is 4. The number of hydrogen-bond acceptors (Lipinski definition) is 6. The van der Waals surface area contributed by atoms with E-state index < -0.39 is 36.2 Å². The number of aliphatic hydroxyl groups excluding tert-OH is 2. The summed E-state index contributed by atoms with van der Waals surface area (Å²) in [6.45, 7) is 7.06. The maximum atomic E-state index is 11.3. The molecule has 1 rings (SSSR count). The molecule has 4 atom stereocenters. The predicted molar refractivity (Wildman–Crippen MR) is 62.8 cm³/mol. The zero-order valence-corrected chi connectivity index (χ0v) is 11.3. The van der Waals surface area contributed by atoms with Crippen molar-refractivity contribution in [2.24, 2.45) is 0 Å². The summed E-state index contributed by atoms with van der Waals surface area (Å²) in [6.07, 6.45) is -4.09. The predicted octanol–water partition coefficient (Wildman–Crippen LogP) is 0.201. The second kappa shape index (κ2) is 5.97. The molecule has 1 aliphatic heterocycles.